The second-order valence-electron chi connectivity index (χ2n) is 5.06. The Morgan fingerprint density at radius 3 is 2.43 bits per heavy atom. The standard InChI is InChI=1S/C17H24N4/c1-4-16(18-3)17-7-6-15(12-20-17)21(5-2)13-14-8-10-19-11-9-14/h6-12,16,18H,4-5,13H2,1-3H3. The molecule has 2 aromatic heterocycles. The van der Waals surface area contributed by atoms with Gasteiger partial charge in [0.2, 0.25) is 0 Å². The lowest BCUT2D eigenvalue weighted by Crippen LogP contribution is -2.22. The number of nitrogens with zero attached hydrogens (tertiary/aromatic N) is 3. The Morgan fingerprint density at radius 2 is 1.90 bits per heavy atom. The van der Waals surface area contributed by atoms with Crippen molar-refractivity contribution in [2.24, 2.45) is 0 Å². The minimum absolute atomic E-state index is 0.328. The van der Waals surface area contributed by atoms with Crippen LogP contribution < -0.4 is 10.2 Å². The summed E-state index contributed by atoms with van der Waals surface area (Å²) in [6.07, 6.45) is 6.68. The Morgan fingerprint density at radius 1 is 1.14 bits per heavy atom. The number of rotatable bonds is 7. The van der Waals surface area contributed by atoms with E-state index in [-0.39, 0.29) is 0 Å². The largest absolute Gasteiger partial charge is 0.366 e. The summed E-state index contributed by atoms with van der Waals surface area (Å²) in [7, 11) is 1.98. The van der Waals surface area contributed by atoms with Crippen molar-refractivity contribution in [2.75, 3.05) is 18.5 Å². The lowest BCUT2D eigenvalue weighted by Gasteiger charge is -2.23. The molecule has 1 N–H and O–H groups in total. The molecule has 2 rings (SSSR count). The molecule has 0 aliphatic rings. The van der Waals surface area contributed by atoms with Crippen LogP contribution in [-0.2, 0) is 6.54 Å². The lowest BCUT2D eigenvalue weighted by atomic mass is 10.1. The molecule has 0 aromatic carbocycles. The van der Waals surface area contributed by atoms with Crippen LogP contribution in [-0.4, -0.2) is 23.6 Å². The highest BCUT2D eigenvalue weighted by molar-refractivity contribution is 5.45. The number of hydrogen-bond acceptors (Lipinski definition) is 4. The number of pyridine rings is 2. The third kappa shape index (κ3) is 4.02. The Bertz CT molecular complexity index is 520. The summed E-state index contributed by atoms with van der Waals surface area (Å²) in [4.78, 5) is 11.0. The summed E-state index contributed by atoms with van der Waals surface area (Å²) in [5.74, 6) is 0. The number of hydrogen-bond donors (Lipinski definition) is 1. The summed E-state index contributed by atoms with van der Waals surface area (Å²) >= 11 is 0. The highest BCUT2D eigenvalue weighted by Gasteiger charge is 2.10. The fraction of sp³-hybridized carbons (Fsp3) is 0.412. The van der Waals surface area contributed by atoms with Gasteiger partial charge in [0.15, 0.2) is 0 Å². The van der Waals surface area contributed by atoms with Crippen molar-refractivity contribution >= 4 is 5.69 Å². The third-order valence-corrected chi connectivity index (χ3v) is 3.75. The molecule has 21 heavy (non-hydrogen) atoms. The van der Waals surface area contributed by atoms with Gasteiger partial charge in [-0.2, -0.15) is 0 Å². The molecule has 2 heterocycles. The average molecular weight is 284 g/mol. The van der Waals surface area contributed by atoms with E-state index in [9.17, 15) is 0 Å². The molecule has 0 bridgehead atoms. The monoisotopic (exact) mass is 284 g/mol. The van der Waals surface area contributed by atoms with Crippen molar-refractivity contribution in [1.82, 2.24) is 15.3 Å². The Labute approximate surface area is 127 Å². The highest BCUT2D eigenvalue weighted by atomic mass is 15.1. The minimum atomic E-state index is 0.328. The smallest absolute Gasteiger partial charge is 0.0574 e. The van der Waals surface area contributed by atoms with E-state index in [0.717, 1.165) is 30.9 Å². The summed E-state index contributed by atoms with van der Waals surface area (Å²) in [6.45, 7) is 6.16. The van der Waals surface area contributed by atoms with Gasteiger partial charge < -0.3 is 10.2 Å². The molecule has 0 aliphatic carbocycles. The highest BCUT2D eigenvalue weighted by Crippen LogP contribution is 2.19. The van der Waals surface area contributed by atoms with Gasteiger partial charge in [0.25, 0.3) is 0 Å². The Hall–Kier alpha value is -1.94. The summed E-state index contributed by atoms with van der Waals surface area (Å²) in [5, 5.41) is 3.29. The van der Waals surface area contributed by atoms with E-state index in [1.807, 2.05) is 25.6 Å². The Balaban J connectivity index is 2.12. The SMILES string of the molecule is CCC(NC)c1ccc(N(CC)Cc2ccncc2)cn1. The van der Waals surface area contributed by atoms with Crippen molar-refractivity contribution < 1.29 is 0 Å². The average Bonchev–Trinajstić information content (AvgIpc) is 2.55. The zero-order valence-corrected chi connectivity index (χ0v) is 13.1. The van der Waals surface area contributed by atoms with Gasteiger partial charge in [0.05, 0.1) is 17.6 Å². The van der Waals surface area contributed by atoms with Crippen LogP contribution >= 0.6 is 0 Å². The van der Waals surface area contributed by atoms with Crippen LogP contribution in [0.15, 0.2) is 42.9 Å². The number of aromatic nitrogens is 2. The maximum absolute atomic E-state index is 4.61. The molecule has 112 valence electrons. The predicted octanol–water partition coefficient (Wildman–Crippen LogP) is 3.17. The van der Waals surface area contributed by atoms with Gasteiger partial charge in [-0.25, -0.2) is 0 Å². The zero-order valence-electron chi connectivity index (χ0n) is 13.1. The molecule has 1 unspecified atom stereocenters. The van der Waals surface area contributed by atoms with Crippen LogP contribution in [0.2, 0.25) is 0 Å². The summed E-state index contributed by atoms with van der Waals surface area (Å²) in [6, 6.07) is 8.72. The van der Waals surface area contributed by atoms with Gasteiger partial charge in [0, 0.05) is 31.5 Å². The second-order valence-corrected chi connectivity index (χ2v) is 5.06. The van der Waals surface area contributed by atoms with Crippen molar-refractivity contribution in [2.45, 2.75) is 32.9 Å². The Kier molecular flexibility index (Phi) is 5.69. The number of anilines is 1. The zero-order chi connectivity index (χ0) is 15.1. The van der Waals surface area contributed by atoms with E-state index in [4.69, 9.17) is 0 Å². The van der Waals surface area contributed by atoms with Crippen LogP contribution in [0.1, 0.15) is 37.6 Å². The lowest BCUT2D eigenvalue weighted by molar-refractivity contribution is 0.561. The molecule has 0 amide bonds. The molecule has 1 atom stereocenters. The first-order valence-corrected chi connectivity index (χ1v) is 7.55. The summed E-state index contributed by atoms with van der Waals surface area (Å²) in [5.41, 5.74) is 3.52. The van der Waals surface area contributed by atoms with Crippen molar-refractivity contribution in [3.05, 3.63) is 54.1 Å². The fourth-order valence-electron chi connectivity index (χ4n) is 2.45. The second kappa shape index (κ2) is 7.74. The third-order valence-electron chi connectivity index (χ3n) is 3.75. The molecular formula is C17H24N4. The molecule has 4 nitrogen and oxygen atoms in total. The molecule has 0 radical (unpaired) electrons. The van der Waals surface area contributed by atoms with Crippen molar-refractivity contribution in [1.29, 1.82) is 0 Å². The van der Waals surface area contributed by atoms with E-state index < -0.39 is 0 Å². The van der Waals surface area contributed by atoms with E-state index in [2.05, 4.69) is 58.3 Å². The van der Waals surface area contributed by atoms with Crippen molar-refractivity contribution in [3.63, 3.8) is 0 Å². The maximum atomic E-state index is 4.61. The summed E-state index contributed by atoms with van der Waals surface area (Å²) < 4.78 is 0. The van der Waals surface area contributed by atoms with Gasteiger partial charge in [-0.3, -0.25) is 9.97 Å². The molecule has 0 spiro atoms. The predicted molar refractivity (Wildman–Crippen MR) is 87.3 cm³/mol. The fourth-order valence-corrected chi connectivity index (χ4v) is 2.45. The molecule has 4 heteroatoms. The minimum Gasteiger partial charge on any atom is -0.366 e. The van der Waals surface area contributed by atoms with E-state index in [1.165, 1.54) is 5.56 Å². The molecule has 0 saturated carbocycles. The van der Waals surface area contributed by atoms with Gasteiger partial charge in [0.1, 0.15) is 0 Å². The van der Waals surface area contributed by atoms with E-state index in [1.54, 1.807) is 0 Å². The van der Waals surface area contributed by atoms with Crippen molar-refractivity contribution in [3.8, 4) is 0 Å². The van der Waals surface area contributed by atoms with E-state index in [0.29, 0.717) is 6.04 Å². The molecule has 0 fully saturated rings. The normalized spacial score (nSPS) is 12.1. The molecule has 2 aromatic rings. The quantitative estimate of drug-likeness (QED) is 0.848. The number of nitrogens with one attached hydrogen (secondary N) is 1. The van der Waals surface area contributed by atoms with E-state index >= 15 is 0 Å². The van der Waals surface area contributed by atoms with Crippen LogP contribution in [0.4, 0.5) is 5.69 Å². The topological polar surface area (TPSA) is 41.0 Å². The van der Waals surface area contributed by atoms with Gasteiger partial charge >= 0.3 is 0 Å². The van der Waals surface area contributed by atoms with Crippen LogP contribution in [0.5, 0.6) is 0 Å². The van der Waals surface area contributed by atoms with Gasteiger partial charge in [-0.15, -0.1) is 0 Å². The van der Waals surface area contributed by atoms with Crippen LogP contribution in [0, 0.1) is 0 Å². The first-order valence-electron chi connectivity index (χ1n) is 7.55. The van der Waals surface area contributed by atoms with Crippen LogP contribution in [0.25, 0.3) is 0 Å². The molecular weight excluding hydrogens is 260 g/mol. The van der Waals surface area contributed by atoms with Gasteiger partial charge in [-0.1, -0.05) is 6.92 Å². The first kappa shape index (κ1) is 15.4. The maximum Gasteiger partial charge on any atom is 0.0574 e. The van der Waals surface area contributed by atoms with Crippen LogP contribution in [0.3, 0.4) is 0 Å². The molecule has 0 saturated heterocycles. The first-order chi connectivity index (χ1) is 10.3. The van der Waals surface area contributed by atoms with Gasteiger partial charge in [-0.05, 0) is 50.2 Å². The molecule has 0 aliphatic heterocycles.